The van der Waals surface area contributed by atoms with Crippen LogP contribution < -0.4 is 10.6 Å². The number of hydrogen-bond donors (Lipinski definition) is 2. The van der Waals surface area contributed by atoms with Gasteiger partial charge in [0.2, 0.25) is 5.95 Å². The fraction of sp³-hybridized carbons (Fsp3) is 0.389. The molecule has 8 heteroatoms. The Morgan fingerprint density at radius 3 is 2.54 bits per heavy atom. The lowest BCUT2D eigenvalue weighted by atomic mass is 10.2. The zero-order chi connectivity index (χ0) is 18.2. The standard InChI is InChI=1S/C18H22ClN5O2/c19-16-3-1-14(2-4-16)11-21-18-22-12-15(13-23-18)17(25)20-5-6-24-7-9-26-10-8-24/h1-4,12-13H,5-11H2,(H,20,25)(H,21,22,23). The van der Waals surface area contributed by atoms with Crippen molar-refractivity contribution in [3.63, 3.8) is 0 Å². The van der Waals surface area contributed by atoms with E-state index in [0.29, 0.717) is 29.6 Å². The lowest BCUT2D eigenvalue weighted by molar-refractivity contribution is 0.0383. The number of rotatable bonds is 7. The molecular weight excluding hydrogens is 354 g/mol. The second-order valence-electron chi connectivity index (χ2n) is 5.99. The van der Waals surface area contributed by atoms with Crippen LogP contribution in [-0.4, -0.2) is 60.2 Å². The molecule has 0 bridgehead atoms. The quantitative estimate of drug-likeness (QED) is 0.768. The first-order chi connectivity index (χ1) is 12.7. The van der Waals surface area contributed by atoms with Crippen LogP contribution in [0.2, 0.25) is 5.02 Å². The van der Waals surface area contributed by atoms with Crippen LogP contribution in [0.5, 0.6) is 0 Å². The van der Waals surface area contributed by atoms with E-state index in [0.717, 1.165) is 38.4 Å². The summed E-state index contributed by atoms with van der Waals surface area (Å²) in [6.07, 6.45) is 3.06. The van der Waals surface area contributed by atoms with Gasteiger partial charge in [-0.2, -0.15) is 0 Å². The molecule has 0 spiro atoms. The molecular formula is C18H22ClN5O2. The number of halogens is 1. The van der Waals surface area contributed by atoms with Gasteiger partial charge in [0, 0.05) is 50.1 Å². The van der Waals surface area contributed by atoms with Gasteiger partial charge in [-0.15, -0.1) is 0 Å². The lowest BCUT2D eigenvalue weighted by Gasteiger charge is -2.26. The Balaban J connectivity index is 1.42. The van der Waals surface area contributed by atoms with Crippen molar-refractivity contribution in [2.45, 2.75) is 6.54 Å². The fourth-order valence-electron chi connectivity index (χ4n) is 2.57. The Morgan fingerprint density at radius 2 is 1.85 bits per heavy atom. The number of aromatic nitrogens is 2. The van der Waals surface area contributed by atoms with Crippen LogP contribution in [0.3, 0.4) is 0 Å². The van der Waals surface area contributed by atoms with Gasteiger partial charge in [0.05, 0.1) is 18.8 Å². The molecule has 1 amide bonds. The monoisotopic (exact) mass is 375 g/mol. The van der Waals surface area contributed by atoms with E-state index in [1.54, 1.807) is 0 Å². The summed E-state index contributed by atoms with van der Waals surface area (Å²) in [6.45, 7) is 5.33. The summed E-state index contributed by atoms with van der Waals surface area (Å²) in [6, 6.07) is 7.55. The van der Waals surface area contributed by atoms with Crippen molar-refractivity contribution in [1.82, 2.24) is 20.2 Å². The van der Waals surface area contributed by atoms with E-state index in [2.05, 4.69) is 25.5 Å². The summed E-state index contributed by atoms with van der Waals surface area (Å²) in [5, 5.41) is 6.71. The summed E-state index contributed by atoms with van der Waals surface area (Å²) in [5.74, 6) is 0.312. The van der Waals surface area contributed by atoms with Gasteiger partial charge in [-0.1, -0.05) is 23.7 Å². The molecule has 1 aromatic carbocycles. The number of anilines is 1. The Bertz CT molecular complexity index is 703. The highest BCUT2D eigenvalue weighted by Crippen LogP contribution is 2.10. The predicted octanol–water partition coefficient (Wildman–Crippen LogP) is 1.80. The van der Waals surface area contributed by atoms with Gasteiger partial charge >= 0.3 is 0 Å². The second-order valence-corrected chi connectivity index (χ2v) is 6.42. The number of benzene rings is 1. The molecule has 2 N–H and O–H groups in total. The van der Waals surface area contributed by atoms with Crippen LogP contribution in [0.15, 0.2) is 36.7 Å². The van der Waals surface area contributed by atoms with Crippen LogP contribution in [-0.2, 0) is 11.3 Å². The first-order valence-electron chi connectivity index (χ1n) is 8.59. The van der Waals surface area contributed by atoms with Crippen molar-refractivity contribution < 1.29 is 9.53 Å². The van der Waals surface area contributed by atoms with Gasteiger partial charge in [0.1, 0.15) is 0 Å². The van der Waals surface area contributed by atoms with E-state index < -0.39 is 0 Å². The number of hydrogen-bond acceptors (Lipinski definition) is 6. The molecule has 0 saturated carbocycles. The van der Waals surface area contributed by atoms with Crippen LogP contribution in [0.1, 0.15) is 15.9 Å². The molecule has 26 heavy (non-hydrogen) atoms. The van der Waals surface area contributed by atoms with Gasteiger partial charge < -0.3 is 15.4 Å². The number of morpholine rings is 1. The molecule has 1 aliphatic heterocycles. The lowest BCUT2D eigenvalue weighted by Crippen LogP contribution is -2.41. The Labute approximate surface area is 157 Å². The van der Waals surface area contributed by atoms with Gasteiger partial charge in [-0.05, 0) is 17.7 Å². The maximum absolute atomic E-state index is 12.1. The third-order valence-electron chi connectivity index (χ3n) is 4.10. The number of amides is 1. The molecule has 7 nitrogen and oxygen atoms in total. The highest BCUT2D eigenvalue weighted by molar-refractivity contribution is 6.30. The molecule has 0 unspecified atom stereocenters. The third-order valence-corrected chi connectivity index (χ3v) is 4.35. The first-order valence-corrected chi connectivity index (χ1v) is 8.97. The summed E-state index contributed by atoms with van der Waals surface area (Å²) in [4.78, 5) is 22.8. The number of nitrogens with zero attached hydrogens (tertiary/aromatic N) is 3. The minimum atomic E-state index is -0.164. The van der Waals surface area contributed by atoms with Crippen LogP contribution in [0.25, 0.3) is 0 Å². The topological polar surface area (TPSA) is 79.4 Å². The summed E-state index contributed by atoms with van der Waals surface area (Å²) in [7, 11) is 0. The molecule has 1 aromatic heterocycles. The van der Waals surface area contributed by atoms with Gasteiger partial charge in [0.25, 0.3) is 5.91 Å². The van der Waals surface area contributed by atoms with Crippen molar-refractivity contribution >= 4 is 23.5 Å². The Kier molecular flexibility index (Phi) is 6.76. The Hall–Kier alpha value is -2.22. The SMILES string of the molecule is O=C(NCCN1CCOCC1)c1cnc(NCc2ccc(Cl)cc2)nc1. The zero-order valence-electron chi connectivity index (χ0n) is 14.4. The molecule has 0 aliphatic carbocycles. The molecule has 0 radical (unpaired) electrons. The van der Waals surface area contributed by atoms with Crippen LogP contribution in [0, 0.1) is 0 Å². The maximum Gasteiger partial charge on any atom is 0.254 e. The van der Waals surface area contributed by atoms with E-state index >= 15 is 0 Å². The van der Waals surface area contributed by atoms with Crippen molar-refractivity contribution in [3.8, 4) is 0 Å². The minimum absolute atomic E-state index is 0.164. The van der Waals surface area contributed by atoms with Crippen LogP contribution >= 0.6 is 11.6 Å². The van der Waals surface area contributed by atoms with Gasteiger partial charge in [0.15, 0.2) is 0 Å². The van der Waals surface area contributed by atoms with Crippen molar-refractivity contribution in [3.05, 3.63) is 52.8 Å². The second kappa shape index (κ2) is 9.47. The van der Waals surface area contributed by atoms with Gasteiger partial charge in [-0.3, -0.25) is 9.69 Å². The molecule has 1 fully saturated rings. The molecule has 138 valence electrons. The van der Waals surface area contributed by atoms with E-state index in [4.69, 9.17) is 16.3 Å². The average molecular weight is 376 g/mol. The summed E-state index contributed by atoms with van der Waals surface area (Å²) in [5.41, 5.74) is 1.52. The maximum atomic E-state index is 12.1. The number of nitrogens with one attached hydrogen (secondary N) is 2. The first kappa shape index (κ1) is 18.6. The highest BCUT2D eigenvalue weighted by Gasteiger charge is 2.11. The average Bonchev–Trinajstić information content (AvgIpc) is 2.69. The van der Waals surface area contributed by atoms with Crippen molar-refractivity contribution in [1.29, 1.82) is 0 Å². The van der Waals surface area contributed by atoms with E-state index in [1.807, 2.05) is 24.3 Å². The van der Waals surface area contributed by atoms with Crippen molar-refractivity contribution in [2.24, 2.45) is 0 Å². The normalized spacial score (nSPS) is 14.8. The van der Waals surface area contributed by atoms with E-state index in [-0.39, 0.29) is 5.91 Å². The third kappa shape index (κ3) is 5.66. The molecule has 1 saturated heterocycles. The number of ether oxygens (including phenoxy) is 1. The molecule has 2 aromatic rings. The van der Waals surface area contributed by atoms with Gasteiger partial charge in [-0.25, -0.2) is 9.97 Å². The number of carbonyl (C=O) groups excluding carboxylic acids is 1. The molecule has 3 rings (SSSR count). The summed E-state index contributed by atoms with van der Waals surface area (Å²) < 4.78 is 5.30. The molecule has 0 atom stereocenters. The Morgan fingerprint density at radius 1 is 1.15 bits per heavy atom. The van der Waals surface area contributed by atoms with E-state index in [1.165, 1.54) is 12.4 Å². The smallest absolute Gasteiger partial charge is 0.254 e. The summed E-state index contributed by atoms with van der Waals surface area (Å²) >= 11 is 5.86. The largest absolute Gasteiger partial charge is 0.379 e. The minimum Gasteiger partial charge on any atom is -0.379 e. The molecule has 2 heterocycles. The zero-order valence-corrected chi connectivity index (χ0v) is 15.2. The number of carbonyl (C=O) groups is 1. The molecule has 1 aliphatic rings. The fourth-order valence-corrected chi connectivity index (χ4v) is 2.70. The highest BCUT2D eigenvalue weighted by atomic mass is 35.5. The van der Waals surface area contributed by atoms with Crippen LogP contribution in [0.4, 0.5) is 5.95 Å². The van der Waals surface area contributed by atoms with Crippen molar-refractivity contribution in [2.75, 3.05) is 44.7 Å². The predicted molar refractivity (Wildman–Crippen MR) is 100 cm³/mol. The van der Waals surface area contributed by atoms with E-state index in [9.17, 15) is 4.79 Å².